The average molecular weight is 603 g/mol. The van der Waals surface area contributed by atoms with E-state index >= 15 is 0 Å². The Morgan fingerprint density at radius 3 is 2.17 bits per heavy atom. The Bertz CT molecular complexity index is 1120. The first-order chi connectivity index (χ1) is 19.3. The number of phenolic OH excluding ortho intramolecular Hbond substituents is 1. The van der Waals surface area contributed by atoms with Gasteiger partial charge in [0.1, 0.15) is 11.5 Å². The number of halogens is 5. The third-order valence-electron chi connectivity index (χ3n) is 7.94. The minimum atomic E-state index is -5.47. The Balaban J connectivity index is 1.40. The van der Waals surface area contributed by atoms with Crippen LogP contribution in [0, 0.1) is 0 Å². The number of alkyl halides is 5. The van der Waals surface area contributed by atoms with Crippen LogP contribution in [0.4, 0.5) is 22.0 Å². The molecule has 4 nitrogen and oxygen atoms in total. The van der Waals surface area contributed by atoms with Crippen LogP contribution in [0.5, 0.6) is 11.5 Å². The Kier molecular flexibility index (Phi) is 11.8. The summed E-state index contributed by atoms with van der Waals surface area (Å²) in [5, 5.41) is 19.2. The third-order valence-corrected chi connectivity index (χ3v) is 9.09. The van der Waals surface area contributed by atoms with Crippen molar-refractivity contribution in [3.05, 3.63) is 59.2 Å². The molecule has 2 aromatic rings. The van der Waals surface area contributed by atoms with E-state index in [1.54, 1.807) is 24.3 Å². The molecule has 2 atom stereocenters. The second-order valence-corrected chi connectivity index (χ2v) is 12.3. The number of aromatic carboxylic acids is 1. The molecule has 0 saturated heterocycles. The molecule has 228 valence electrons. The summed E-state index contributed by atoms with van der Waals surface area (Å²) in [6, 6.07) is 12.2. The Labute approximate surface area is 242 Å². The van der Waals surface area contributed by atoms with Crippen molar-refractivity contribution in [2.45, 2.75) is 94.6 Å². The molecular formula is C31H39F5O4S. The fraction of sp³-hybridized carbons (Fsp3) is 0.581. The normalized spacial score (nSPS) is 19.0. The molecule has 0 fully saturated rings. The molecule has 0 aliphatic carbocycles. The highest BCUT2D eigenvalue weighted by atomic mass is 32.2. The fourth-order valence-electron chi connectivity index (χ4n) is 5.44. The van der Waals surface area contributed by atoms with Gasteiger partial charge in [0.05, 0.1) is 12.2 Å². The summed E-state index contributed by atoms with van der Waals surface area (Å²) in [7, 11) is 0. The lowest BCUT2D eigenvalue weighted by Crippen LogP contribution is -2.40. The maximum atomic E-state index is 12.9. The van der Waals surface area contributed by atoms with Gasteiger partial charge in [-0.25, -0.2) is 4.79 Å². The van der Waals surface area contributed by atoms with E-state index in [1.807, 2.05) is 18.2 Å². The van der Waals surface area contributed by atoms with E-state index in [1.165, 1.54) is 11.8 Å². The number of ether oxygens (including phenoxy) is 1. The predicted octanol–water partition coefficient (Wildman–Crippen LogP) is 9.36. The largest absolute Gasteiger partial charge is 0.508 e. The standard InChI is InChI=1S/C31H39F5O4S/c1-29(23-13-11-22(12-14-23)28(38)39)21-40-27-20-24(37)15-16-25(27)26(29)10-7-5-3-2-4-6-8-18-41-19-9-17-30(32,33)31(34,35)36/h11-16,20,26,37H,2-10,17-19,21H2,1H3,(H,38,39). The van der Waals surface area contributed by atoms with E-state index in [-0.39, 0.29) is 29.1 Å². The first kappa shape index (κ1) is 33.0. The molecule has 1 aliphatic heterocycles. The number of hydrogen-bond donors (Lipinski definition) is 2. The fourth-order valence-corrected chi connectivity index (χ4v) is 6.40. The molecule has 0 amide bonds. The van der Waals surface area contributed by atoms with Crippen LogP contribution in [0.15, 0.2) is 42.5 Å². The van der Waals surface area contributed by atoms with Gasteiger partial charge in [-0.1, -0.05) is 63.6 Å². The zero-order chi connectivity index (χ0) is 30.1. The molecule has 2 aromatic carbocycles. The number of carbonyl (C=O) groups is 1. The van der Waals surface area contributed by atoms with Crippen molar-refractivity contribution < 1.29 is 41.7 Å². The maximum absolute atomic E-state index is 12.9. The summed E-state index contributed by atoms with van der Waals surface area (Å²) >= 11 is 1.43. The summed E-state index contributed by atoms with van der Waals surface area (Å²) in [6.07, 6.45) is 1.35. The van der Waals surface area contributed by atoms with Crippen molar-refractivity contribution in [2.75, 3.05) is 18.1 Å². The van der Waals surface area contributed by atoms with Crippen LogP contribution in [0.3, 0.4) is 0 Å². The highest BCUT2D eigenvalue weighted by molar-refractivity contribution is 7.99. The summed E-state index contributed by atoms with van der Waals surface area (Å²) in [5.41, 5.74) is 1.93. The molecule has 0 aromatic heterocycles. The number of fused-ring (bicyclic) bond motifs is 1. The Hall–Kier alpha value is -2.49. The quantitative estimate of drug-likeness (QED) is 0.148. The minimum absolute atomic E-state index is 0.135. The molecule has 0 saturated carbocycles. The highest BCUT2D eigenvalue weighted by Gasteiger charge is 2.56. The van der Waals surface area contributed by atoms with Gasteiger partial charge in [0.15, 0.2) is 0 Å². The lowest BCUT2D eigenvalue weighted by atomic mass is 9.66. The molecule has 2 N–H and O–H groups in total. The van der Waals surface area contributed by atoms with Crippen LogP contribution in [-0.4, -0.2) is 46.4 Å². The summed E-state index contributed by atoms with van der Waals surface area (Å²) in [4.78, 5) is 11.3. The molecule has 1 heterocycles. The van der Waals surface area contributed by atoms with Crippen molar-refractivity contribution in [2.24, 2.45) is 0 Å². The molecule has 41 heavy (non-hydrogen) atoms. The second kappa shape index (κ2) is 14.6. The van der Waals surface area contributed by atoms with Gasteiger partial charge in [-0.15, -0.1) is 0 Å². The van der Waals surface area contributed by atoms with Crippen molar-refractivity contribution >= 4 is 17.7 Å². The van der Waals surface area contributed by atoms with Crippen LogP contribution >= 0.6 is 11.8 Å². The van der Waals surface area contributed by atoms with Crippen LogP contribution in [-0.2, 0) is 5.41 Å². The van der Waals surface area contributed by atoms with Gasteiger partial charge in [0.2, 0.25) is 0 Å². The van der Waals surface area contributed by atoms with E-state index in [9.17, 15) is 37.0 Å². The van der Waals surface area contributed by atoms with Gasteiger partial charge >= 0.3 is 18.1 Å². The van der Waals surface area contributed by atoms with E-state index in [4.69, 9.17) is 4.74 Å². The number of benzene rings is 2. The predicted molar refractivity (Wildman–Crippen MR) is 152 cm³/mol. The number of aromatic hydroxyl groups is 1. The van der Waals surface area contributed by atoms with E-state index in [2.05, 4.69) is 6.92 Å². The third kappa shape index (κ3) is 9.00. The van der Waals surface area contributed by atoms with Gasteiger partial charge in [-0.2, -0.15) is 33.7 Å². The molecule has 0 spiro atoms. The minimum Gasteiger partial charge on any atom is -0.508 e. The SMILES string of the molecule is CC1(c2ccc(C(=O)O)cc2)COc2cc(O)ccc2C1CCCCCCCCCSCCCC(F)(F)C(F)(F)F. The molecule has 0 bridgehead atoms. The zero-order valence-electron chi connectivity index (χ0n) is 23.3. The van der Waals surface area contributed by atoms with Crippen LogP contribution in [0.2, 0.25) is 0 Å². The number of carboxylic acids is 1. The van der Waals surface area contributed by atoms with Crippen molar-refractivity contribution in [1.29, 1.82) is 0 Å². The zero-order valence-corrected chi connectivity index (χ0v) is 24.1. The van der Waals surface area contributed by atoms with Gasteiger partial charge in [-0.3, -0.25) is 0 Å². The number of hydrogen-bond acceptors (Lipinski definition) is 4. The maximum Gasteiger partial charge on any atom is 0.453 e. The molecule has 2 unspecified atom stereocenters. The Morgan fingerprint density at radius 1 is 0.927 bits per heavy atom. The van der Waals surface area contributed by atoms with Crippen molar-refractivity contribution in [1.82, 2.24) is 0 Å². The Morgan fingerprint density at radius 2 is 1.54 bits per heavy atom. The van der Waals surface area contributed by atoms with Gasteiger partial charge in [0, 0.05) is 23.8 Å². The van der Waals surface area contributed by atoms with E-state index in [0.29, 0.717) is 18.1 Å². The molecule has 1 aliphatic rings. The number of carboxylic acid groups (broad SMARTS) is 1. The highest BCUT2D eigenvalue weighted by Crippen LogP contribution is 2.49. The number of rotatable bonds is 16. The molecule has 3 rings (SSSR count). The number of thioether (sulfide) groups is 1. The van der Waals surface area contributed by atoms with Gasteiger partial charge < -0.3 is 14.9 Å². The smallest absolute Gasteiger partial charge is 0.453 e. The van der Waals surface area contributed by atoms with E-state index < -0.39 is 24.5 Å². The van der Waals surface area contributed by atoms with Crippen LogP contribution < -0.4 is 4.74 Å². The molecule has 10 heteroatoms. The summed E-state index contributed by atoms with van der Waals surface area (Å²) < 4.78 is 68.4. The topological polar surface area (TPSA) is 66.8 Å². The lowest BCUT2D eigenvalue weighted by molar-refractivity contribution is -0.284. The van der Waals surface area contributed by atoms with Crippen molar-refractivity contribution in [3.8, 4) is 11.5 Å². The average Bonchev–Trinajstić information content (AvgIpc) is 2.91. The summed E-state index contributed by atoms with van der Waals surface area (Å²) in [6.45, 7) is 2.56. The second-order valence-electron chi connectivity index (χ2n) is 11.0. The van der Waals surface area contributed by atoms with Gasteiger partial charge in [-0.05, 0) is 60.1 Å². The monoisotopic (exact) mass is 602 g/mol. The van der Waals surface area contributed by atoms with Crippen LogP contribution in [0.25, 0.3) is 0 Å². The summed E-state index contributed by atoms with van der Waals surface area (Å²) in [5.74, 6) is -3.52. The van der Waals surface area contributed by atoms with Crippen LogP contribution in [0.1, 0.15) is 98.5 Å². The first-order valence-electron chi connectivity index (χ1n) is 14.2. The molecular weight excluding hydrogens is 563 g/mol. The first-order valence-corrected chi connectivity index (χ1v) is 15.3. The number of unbranched alkanes of at least 4 members (excludes halogenated alkanes) is 6. The molecule has 0 radical (unpaired) electrons. The number of phenols is 1. The van der Waals surface area contributed by atoms with Crippen molar-refractivity contribution in [3.63, 3.8) is 0 Å². The lowest BCUT2D eigenvalue weighted by Gasteiger charge is -2.43. The van der Waals surface area contributed by atoms with Gasteiger partial charge in [0.25, 0.3) is 0 Å². The van der Waals surface area contributed by atoms with E-state index in [0.717, 1.165) is 68.2 Å².